The van der Waals surface area contributed by atoms with Gasteiger partial charge in [0.2, 0.25) is 11.8 Å². The summed E-state index contributed by atoms with van der Waals surface area (Å²) in [6.45, 7) is 1.44. The lowest BCUT2D eigenvalue weighted by atomic mass is 10.0. The Balaban J connectivity index is 1.72. The molecule has 0 saturated carbocycles. The van der Waals surface area contributed by atoms with Crippen LogP contribution in [0.3, 0.4) is 0 Å². The number of anilines is 1. The summed E-state index contributed by atoms with van der Waals surface area (Å²) in [6.07, 6.45) is 0.124. The third-order valence-corrected chi connectivity index (χ3v) is 3.99. The van der Waals surface area contributed by atoms with Crippen LogP contribution in [-0.4, -0.2) is 32.0 Å². The molecule has 0 aliphatic carbocycles. The molecule has 0 saturated heterocycles. The van der Waals surface area contributed by atoms with Crippen LogP contribution in [0.15, 0.2) is 54.6 Å². The van der Waals surface area contributed by atoms with Crippen LogP contribution in [0.2, 0.25) is 0 Å². The van der Waals surface area contributed by atoms with Gasteiger partial charge in [-0.25, -0.2) is 4.68 Å². The topological polar surface area (TPSA) is 102 Å². The Bertz CT molecular complexity index is 938. The van der Waals surface area contributed by atoms with Gasteiger partial charge < -0.3 is 10.6 Å². The van der Waals surface area contributed by atoms with Crippen molar-refractivity contribution in [3.05, 3.63) is 60.2 Å². The van der Waals surface area contributed by atoms with E-state index in [4.69, 9.17) is 0 Å². The molecule has 8 heteroatoms. The standard InChI is InChI=1S/C19H20N6O2/c1-13(26)20-17(14-7-4-3-5-8-14)12-18(27)21-16-10-6-9-15(11-16)19-22-23-24-25(19)2/h3-11,17H,12H2,1-2H3,(H,20,26)(H,21,27). The molecular formula is C19H20N6O2. The number of carbonyl (C=O) groups is 2. The van der Waals surface area contributed by atoms with Crippen molar-refractivity contribution >= 4 is 17.5 Å². The zero-order valence-electron chi connectivity index (χ0n) is 15.1. The number of aryl methyl sites for hydroxylation is 1. The summed E-state index contributed by atoms with van der Waals surface area (Å²) in [4.78, 5) is 24.0. The van der Waals surface area contributed by atoms with Crippen LogP contribution in [0.5, 0.6) is 0 Å². The van der Waals surface area contributed by atoms with E-state index >= 15 is 0 Å². The normalized spacial score (nSPS) is 11.6. The number of benzene rings is 2. The first-order chi connectivity index (χ1) is 13.0. The van der Waals surface area contributed by atoms with Gasteiger partial charge in [0.1, 0.15) is 0 Å². The number of carbonyl (C=O) groups excluding carboxylic acids is 2. The highest BCUT2D eigenvalue weighted by Crippen LogP contribution is 2.21. The molecule has 27 heavy (non-hydrogen) atoms. The lowest BCUT2D eigenvalue weighted by Gasteiger charge is -2.18. The number of amides is 2. The fourth-order valence-corrected chi connectivity index (χ4v) is 2.79. The van der Waals surface area contributed by atoms with Gasteiger partial charge in [0, 0.05) is 25.2 Å². The van der Waals surface area contributed by atoms with Crippen molar-refractivity contribution in [1.29, 1.82) is 0 Å². The highest BCUT2D eigenvalue weighted by molar-refractivity contribution is 5.92. The van der Waals surface area contributed by atoms with E-state index in [1.165, 1.54) is 6.92 Å². The first-order valence-electron chi connectivity index (χ1n) is 8.47. The molecule has 8 nitrogen and oxygen atoms in total. The fraction of sp³-hybridized carbons (Fsp3) is 0.211. The molecule has 0 bridgehead atoms. The first-order valence-corrected chi connectivity index (χ1v) is 8.47. The van der Waals surface area contributed by atoms with Gasteiger partial charge in [0.05, 0.1) is 12.5 Å². The van der Waals surface area contributed by atoms with E-state index < -0.39 is 6.04 Å². The predicted octanol–water partition coefficient (Wildman–Crippen LogP) is 2.08. The molecule has 0 spiro atoms. The van der Waals surface area contributed by atoms with Gasteiger partial charge in [-0.15, -0.1) is 5.10 Å². The van der Waals surface area contributed by atoms with E-state index in [2.05, 4.69) is 26.2 Å². The monoisotopic (exact) mass is 364 g/mol. The largest absolute Gasteiger partial charge is 0.349 e. The van der Waals surface area contributed by atoms with Crippen molar-refractivity contribution in [3.63, 3.8) is 0 Å². The minimum atomic E-state index is -0.394. The van der Waals surface area contributed by atoms with Crippen LogP contribution in [-0.2, 0) is 16.6 Å². The number of tetrazole rings is 1. The van der Waals surface area contributed by atoms with E-state index in [1.54, 1.807) is 23.9 Å². The Kier molecular flexibility index (Phi) is 5.55. The Hall–Kier alpha value is -3.55. The van der Waals surface area contributed by atoms with Crippen LogP contribution in [0.4, 0.5) is 5.69 Å². The van der Waals surface area contributed by atoms with Gasteiger partial charge in [0.15, 0.2) is 5.82 Å². The van der Waals surface area contributed by atoms with Crippen LogP contribution in [0, 0.1) is 0 Å². The molecule has 1 unspecified atom stereocenters. The van der Waals surface area contributed by atoms with E-state index in [-0.39, 0.29) is 18.2 Å². The third-order valence-electron chi connectivity index (χ3n) is 3.99. The van der Waals surface area contributed by atoms with Crippen molar-refractivity contribution < 1.29 is 9.59 Å². The van der Waals surface area contributed by atoms with Gasteiger partial charge in [-0.05, 0) is 28.1 Å². The molecule has 0 aliphatic heterocycles. The van der Waals surface area contributed by atoms with Crippen molar-refractivity contribution in [2.24, 2.45) is 7.05 Å². The molecule has 1 heterocycles. The summed E-state index contributed by atoms with van der Waals surface area (Å²) < 4.78 is 1.56. The van der Waals surface area contributed by atoms with Gasteiger partial charge in [0.25, 0.3) is 0 Å². The molecule has 0 fully saturated rings. The maximum Gasteiger partial charge on any atom is 0.226 e. The van der Waals surface area contributed by atoms with E-state index in [1.807, 2.05) is 42.5 Å². The van der Waals surface area contributed by atoms with Gasteiger partial charge in [-0.2, -0.15) is 0 Å². The summed E-state index contributed by atoms with van der Waals surface area (Å²) in [5.41, 5.74) is 2.30. The van der Waals surface area contributed by atoms with Crippen molar-refractivity contribution in [2.75, 3.05) is 5.32 Å². The van der Waals surface area contributed by atoms with Gasteiger partial charge in [-0.3, -0.25) is 9.59 Å². The summed E-state index contributed by atoms with van der Waals surface area (Å²) in [5.74, 6) is 0.214. The highest BCUT2D eigenvalue weighted by Gasteiger charge is 2.17. The molecule has 2 N–H and O–H groups in total. The van der Waals surface area contributed by atoms with Crippen molar-refractivity contribution in [2.45, 2.75) is 19.4 Å². The predicted molar refractivity (Wildman–Crippen MR) is 100 cm³/mol. The van der Waals surface area contributed by atoms with Gasteiger partial charge in [-0.1, -0.05) is 42.5 Å². The average molecular weight is 364 g/mol. The fourth-order valence-electron chi connectivity index (χ4n) is 2.79. The lowest BCUT2D eigenvalue weighted by molar-refractivity contribution is -0.120. The molecular weight excluding hydrogens is 344 g/mol. The maximum atomic E-state index is 12.5. The second-order valence-electron chi connectivity index (χ2n) is 6.12. The molecule has 2 aromatic carbocycles. The zero-order chi connectivity index (χ0) is 19.2. The lowest BCUT2D eigenvalue weighted by Crippen LogP contribution is -2.29. The maximum absolute atomic E-state index is 12.5. The molecule has 138 valence electrons. The third kappa shape index (κ3) is 4.75. The molecule has 0 radical (unpaired) electrons. The number of rotatable bonds is 6. The molecule has 3 aromatic rings. The van der Waals surface area contributed by atoms with Crippen LogP contribution < -0.4 is 10.6 Å². The number of nitrogens with zero attached hydrogens (tertiary/aromatic N) is 4. The zero-order valence-corrected chi connectivity index (χ0v) is 15.1. The molecule has 2 amide bonds. The number of hydrogen-bond acceptors (Lipinski definition) is 5. The van der Waals surface area contributed by atoms with Crippen LogP contribution in [0.1, 0.15) is 24.9 Å². The quantitative estimate of drug-likeness (QED) is 0.697. The SMILES string of the molecule is CC(=O)NC(CC(=O)Nc1cccc(-c2nnnn2C)c1)c1ccccc1. The smallest absolute Gasteiger partial charge is 0.226 e. The van der Waals surface area contributed by atoms with Crippen LogP contribution in [0.25, 0.3) is 11.4 Å². The Morgan fingerprint density at radius 1 is 1.11 bits per heavy atom. The minimum Gasteiger partial charge on any atom is -0.349 e. The summed E-state index contributed by atoms with van der Waals surface area (Å²) >= 11 is 0. The Morgan fingerprint density at radius 3 is 2.56 bits per heavy atom. The van der Waals surface area contributed by atoms with E-state index in [9.17, 15) is 9.59 Å². The first kappa shape index (κ1) is 18.2. The number of hydrogen-bond donors (Lipinski definition) is 2. The summed E-state index contributed by atoms with van der Waals surface area (Å²) in [6, 6.07) is 16.3. The molecule has 0 aliphatic rings. The average Bonchev–Trinajstić information content (AvgIpc) is 3.08. The van der Waals surface area contributed by atoms with Gasteiger partial charge >= 0.3 is 0 Å². The number of nitrogens with one attached hydrogen (secondary N) is 2. The highest BCUT2D eigenvalue weighted by atomic mass is 16.2. The Labute approximate surface area is 156 Å². The molecule has 1 aromatic heterocycles. The summed E-state index contributed by atoms with van der Waals surface area (Å²) in [5, 5.41) is 17.1. The van der Waals surface area contributed by atoms with E-state index in [0.717, 1.165) is 11.1 Å². The second kappa shape index (κ2) is 8.22. The summed E-state index contributed by atoms with van der Waals surface area (Å²) in [7, 11) is 1.75. The van der Waals surface area contributed by atoms with Crippen molar-refractivity contribution in [3.8, 4) is 11.4 Å². The van der Waals surface area contributed by atoms with Crippen molar-refractivity contribution in [1.82, 2.24) is 25.5 Å². The van der Waals surface area contributed by atoms with E-state index in [0.29, 0.717) is 11.5 Å². The molecule has 1 atom stereocenters. The molecule has 3 rings (SSSR count). The second-order valence-corrected chi connectivity index (χ2v) is 6.12. The number of aromatic nitrogens is 4. The Morgan fingerprint density at radius 2 is 1.89 bits per heavy atom. The minimum absolute atomic E-state index is 0.124. The van der Waals surface area contributed by atoms with Crippen LogP contribution >= 0.6 is 0 Å².